The van der Waals surface area contributed by atoms with Crippen LogP contribution in [0.25, 0.3) is 0 Å². The molecule has 0 saturated heterocycles. The first-order valence-electron chi connectivity index (χ1n) is 19.7. The summed E-state index contributed by atoms with van der Waals surface area (Å²) in [6, 6.07) is -1.00. The third-order valence-electron chi connectivity index (χ3n) is 9.14. The van der Waals surface area contributed by atoms with Crippen LogP contribution in [0.15, 0.2) is 24.3 Å². The van der Waals surface area contributed by atoms with Crippen LogP contribution in [0.5, 0.6) is 0 Å². The molecule has 0 fully saturated rings. The van der Waals surface area contributed by atoms with E-state index in [4.69, 9.17) is 0 Å². The van der Waals surface area contributed by atoms with Gasteiger partial charge in [0.2, 0.25) is 5.91 Å². The quantitative estimate of drug-likeness (QED) is 0.0346. The van der Waals surface area contributed by atoms with Gasteiger partial charge < -0.3 is 25.7 Å². The molecule has 0 spiro atoms. The highest BCUT2D eigenvalue weighted by Gasteiger charge is 2.28. The molecule has 46 heavy (non-hydrogen) atoms. The van der Waals surface area contributed by atoms with E-state index in [9.17, 15) is 25.2 Å². The van der Waals surface area contributed by atoms with Gasteiger partial charge in [0.05, 0.1) is 18.8 Å². The van der Waals surface area contributed by atoms with E-state index in [-0.39, 0.29) is 0 Å². The largest absolute Gasteiger partial charge is 0.394 e. The third-order valence-corrected chi connectivity index (χ3v) is 9.14. The van der Waals surface area contributed by atoms with E-state index in [1.54, 1.807) is 0 Å². The maximum atomic E-state index is 12.4. The van der Waals surface area contributed by atoms with Crippen molar-refractivity contribution in [3.63, 3.8) is 0 Å². The molecule has 1 amide bonds. The Balaban J connectivity index is 3.80. The molecule has 0 radical (unpaired) electrons. The van der Waals surface area contributed by atoms with Crippen LogP contribution in [0.3, 0.4) is 0 Å². The molecule has 0 aromatic rings. The van der Waals surface area contributed by atoms with Gasteiger partial charge >= 0.3 is 0 Å². The molecule has 4 atom stereocenters. The Morgan fingerprint density at radius 2 is 0.913 bits per heavy atom. The predicted octanol–water partition coefficient (Wildman–Crippen LogP) is 9.62. The average molecular weight is 652 g/mol. The smallest absolute Gasteiger partial charge is 0.249 e. The summed E-state index contributed by atoms with van der Waals surface area (Å²) in [5.74, 6) is -0.598. The lowest BCUT2D eigenvalue weighted by Crippen LogP contribution is -2.53. The van der Waals surface area contributed by atoms with Crippen LogP contribution in [-0.2, 0) is 4.79 Å². The van der Waals surface area contributed by atoms with Crippen LogP contribution in [0.2, 0.25) is 0 Å². The number of rotatable bonds is 35. The van der Waals surface area contributed by atoms with E-state index in [1.807, 2.05) is 0 Å². The fraction of sp³-hybridized carbons (Fsp3) is 0.875. The number of hydrogen-bond acceptors (Lipinski definition) is 5. The molecule has 272 valence electrons. The van der Waals surface area contributed by atoms with Gasteiger partial charge in [-0.2, -0.15) is 0 Å². The van der Waals surface area contributed by atoms with E-state index in [2.05, 4.69) is 43.5 Å². The van der Waals surface area contributed by atoms with Crippen molar-refractivity contribution in [1.29, 1.82) is 0 Å². The van der Waals surface area contributed by atoms with Gasteiger partial charge in [0.1, 0.15) is 12.2 Å². The topological polar surface area (TPSA) is 110 Å². The fourth-order valence-electron chi connectivity index (χ4n) is 5.95. The molecule has 6 heteroatoms. The minimum absolute atomic E-state index is 0.363. The SMILES string of the molecule is CCCCC/C=C/CC/C=C/CCCC(O)C(O)C(CO)NC(=O)C(O)CCCCCCCCCCCCCCCCCCCC. The number of aliphatic hydroxyl groups is 4. The van der Waals surface area contributed by atoms with Gasteiger partial charge in [0, 0.05) is 0 Å². The Hall–Kier alpha value is -1.21. The van der Waals surface area contributed by atoms with E-state index < -0.39 is 36.9 Å². The Bertz CT molecular complexity index is 697. The van der Waals surface area contributed by atoms with E-state index >= 15 is 0 Å². The lowest BCUT2D eigenvalue weighted by atomic mass is 10.00. The standard InChI is InChI=1S/C40H77NO5/c1-3-5-7-9-11-13-15-17-18-19-20-21-22-24-26-28-30-32-34-38(44)40(46)41-36(35-42)39(45)37(43)33-31-29-27-25-23-16-14-12-10-8-6-4-2/h12,14,25,27,36-39,42-45H,3-11,13,15-24,26,28-35H2,1-2H3,(H,41,46)/b14-12+,27-25+. The Labute approximate surface area is 284 Å². The summed E-state index contributed by atoms with van der Waals surface area (Å²) in [5.41, 5.74) is 0. The van der Waals surface area contributed by atoms with Gasteiger partial charge in [-0.3, -0.25) is 4.79 Å². The molecule has 0 saturated carbocycles. The highest BCUT2D eigenvalue weighted by atomic mass is 16.3. The number of unbranched alkanes of at least 4 members (excludes halogenated alkanes) is 22. The summed E-state index contributed by atoms with van der Waals surface area (Å²) < 4.78 is 0. The summed E-state index contributed by atoms with van der Waals surface area (Å²) >= 11 is 0. The summed E-state index contributed by atoms with van der Waals surface area (Å²) in [7, 11) is 0. The monoisotopic (exact) mass is 652 g/mol. The highest BCUT2D eigenvalue weighted by molar-refractivity contribution is 5.80. The molecule has 6 nitrogen and oxygen atoms in total. The predicted molar refractivity (Wildman–Crippen MR) is 196 cm³/mol. The number of carbonyl (C=O) groups excluding carboxylic acids is 1. The molecular weight excluding hydrogens is 574 g/mol. The first-order chi connectivity index (χ1) is 22.5. The van der Waals surface area contributed by atoms with Crippen molar-refractivity contribution in [1.82, 2.24) is 5.32 Å². The summed E-state index contributed by atoms with van der Waals surface area (Å²) in [5, 5.41) is 43.4. The van der Waals surface area contributed by atoms with E-state index in [0.717, 1.165) is 44.9 Å². The van der Waals surface area contributed by atoms with Gasteiger partial charge in [0.15, 0.2) is 0 Å². The Kier molecular flexibility index (Phi) is 34.2. The second kappa shape index (κ2) is 35.1. The van der Waals surface area contributed by atoms with Gasteiger partial charge in [0.25, 0.3) is 0 Å². The Morgan fingerprint density at radius 1 is 0.522 bits per heavy atom. The average Bonchev–Trinajstić information content (AvgIpc) is 3.06. The molecule has 0 heterocycles. The zero-order valence-corrected chi connectivity index (χ0v) is 30.3. The molecule has 0 aliphatic rings. The fourth-order valence-corrected chi connectivity index (χ4v) is 5.95. The van der Waals surface area contributed by atoms with Crippen molar-refractivity contribution < 1.29 is 25.2 Å². The van der Waals surface area contributed by atoms with Crippen LogP contribution >= 0.6 is 0 Å². The van der Waals surface area contributed by atoms with Gasteiger partial charge in [-0.25, -0.2) is 0 Å². The highest BCUT2D eigenvalue weighted by Crippen LogP contribution is 2.15. The molecule has 0 aromatic carbocycles. The van der Waals surface area contributed by atoms with Gasteiger partial charge in [-0.05, 0) is 51.4 Å². The maximum absolute atomic E-state index is 12.4. The number of hydrogen-bond donors (Lipinski definition) is 5. The third kappa shape index (κ3) is 29.0. The zero-order chi connectivity index (χ0) is 33.9. The van der Waals surface area contributed by atoms with Crippen molar-refractivity contribution in [2.45, 2.75) is 218 Å². The van der Waals surface area contributed by atoms with Gasteiger partial charge in [-0.15, -0.1) is 0 Å². The van der Waals surface area contributed by atoms with Crippen LogP contribution in [-0.4, -0.2) is 57.3 Å². The maximum Gasteiger partial charge on any atom is 0.249 e. The number of allylic oxidation sites excluding steroid dienone is 4. The van der Waals surface area contributed by atoms with Crippen LogP contribution < -0.4 is 5.32 Å². The zero-order valence-electron chi connectivity index (χ0n) is 30.3. The van der Waals surface area contributed by atoms with Crippen molar-refractivity contribution in [3.8, 4) is 0 Å². The molecule has 5 N–H and O–H groups in total. The number of nitrogens with one attached hydrogen (secondary N) is 1. The van der Waals surface area contributed by atoms with Crippen LogP contribution in [0.1, 0.15) is 194 Å². The van der Waals surface area contributed by atoms with E-state index in [0.29, 0.717) is 19.3 Å². The molecule has 0 aromatic heterocycles. The van der Waals surface area contributed by atoms with Crippen molar-refractivity contribution in [2.75, 3.05) is 6.61 Å². The lowest BCUT2D eigenvalue weighted by Gasteiger charge is -2.27. The van der Waals surface area contributed by atoms with Gasteiger partial charge in [-0.1, -0.05) is 167 Å². The first kappa shape index (κ1) is 44.8. The molecule has 0 bridgehead atoms. The Morgan fingerprint density at radius 3 is 1.37 bits per heavy atom. The lowest BCUT2D eigenvalue weighted by molar-refractivity contribution is -0.132. The molecule has 4 unspecified atom stereocenters. The normalized spacial score (nSPS) is 14.7. The van der Waals surface area contributed by atoms with Crippen LogP contribution in [0.4, 0.5) is 0 Å². The summed E-state index contributed by atoms with van der Waals surface area (Å²) in [4.78, 5) is 12.4. The minimum atomic E-state index is -1.28. The van der Waals surface area contributed by atoms with Crippen molar-refractivity contribution in [2.24, 2.45) is 0 Å². The van der Waals surface area contributed by atoms with Crippen molar-refractivity contribution in [3.05, 3.63) is 24.3 Å². The minimum Gasteiger partial charge on any atom is -0.394 e. The molecular formula is C40H77NO5. The molecule has 0 rings (SSSR count). The first-order valence-corrected chi connectivity index (χ1v) is 19.7. The number of aliphatic hydroxyl groups excluding tert-OH is 4. The second-order valence-electron chi connectivity index (χ2n) is 13.6. The van der Waals surface area contributed by atoms with E-state index in [1.165, 1.54) is 116 Å². The number of amides is 1. The van der Waals surface area contributed by atoms with Crippen LogP contribution in [0, 0.1) is 0 Å². The molecule has 0 aliphatic heterocycles. The molecule has 0 aliphatic carbocycles. The van der Waals surface area contributed by atoms with Crippen molar-refractivity contribution >= 4 is 5.91 Å². The second-order valence-corrected chi connectivity index (χ2v) is 13.6. The number of carbonyl (C=O) groups is 1. The summed E-state index contributed by atoms with van der Waals surface area (Å²) in [6.45, 7) is 3.99. The summed E-state index contributed by atoms with van der Waals surface area (Å²) in [6.07, 6.45) is 37.7.